The fourth-order valence-electron chi connectivity index (χ4n) is 2.03. The first-order chi connectivity index (χ1) is 8.99. The second kappa shape index (κ2) is 5.32. The predicted molar refractivity (Wildman–Crippen MR) is 76.0 cm³/mol. The first-order valence-corrected chi connectivity index (χ1v) is 6.23. The van der Waals surface area contributed by atoms with Gasteiger partial charge in [-0.15, -0.1) is 0 Å². The van der Waals surface area contributed by atoms with Crippen LogP contribution < -0.4 is 11.1 Å². The maximum absolute atomic E-state index is 9.26. The number of nitrogens with zero attached hydrogens (tertiary/aromatic N) is 1. The molecule has 0 amide bonds. The third-order valence-corrected chi connectivity index (χ3v) is 2.96. The summed E-state index contributed by atoms with van der Waals surface area (Å²) in [6.45, 7) is 5.98. The average molecular weight is 261 g/mol. The van der Waals surface area contributed by atoms with Gasteiger partial charge in [0.25, 0.3) is 0 Å². The minimum absolute atomic E-state index is 0.415. The standard InChI is InChI=1S/C14H19N3O2/c1-8(18)7-16-13-5-4-11(6-12(13)15)14-9(2)17-19-10(14)3/h4-6,8,16,18H,7,15H2,1-3H3. The average Bonchev–Trinajstić information content (AvgIpc) is 2.67. The number of nitrogen functional groups attached to an aromatic ring is 1. The van der Waals surface area contributed by atoms with Crippen LogP contribution in [0.4, 0.5) is 11.4 Å². The SMILES string of the molecule is Cc1noc(C)c1-c1ccc(NCC(C)O)c(N)c1. The lowest BCUT2D eigenvalue weighted by Gasteiger charge is -2.12. The second-order valence-electron chi connectivity index (χ2n) is 4.73. The summed E-state index contributed by atoms with van der Waals surface area (Å²) in [5.74, 6) is 0.779. The summed E-state index contributed by atoms with van der Waals surface area (Å²) in [6, 6.07) is 5.75. The normalized spacial score (nSPS) is 12.4. The van der Waals surface area contributed by atoms with Gasteiger partial charge in [0.2, 0.25) is 0 Å². The fraction of sp³-hybridized carbons (Fsp3) is 0.357. The lowest BCUT2D eigenvalue weighted by molar-refractivity contribution is 0.208. The second-order valence-corrected chi connectivity index (χ2v) is 4.73. The van der Waals surface area contributed by atoms with Gasteiger partial charge in [-0.25, -0.2) is 0 Å². The number of hydrogen-bond acceptors (Lipinski definition) is 5. The number of aryl methyl sites for hydroxylation is 2. The summed E-state index contributed by atoms with van der Waals surface area (Å²) in [5.41, 5.74) is 10.3. The molecule has 5 nitrogen and oxygen atoms in total. The van der Waals surface area contributed by atoms with Crippen LogP contribution in [0.2, 0.25) is 0 Å². The number of benzene rings is 1. The minimum Gasteiger partial charge on any atom is -0.397 e. The Bertz CT molecular complexity index is 557. The molecule has 0 saturated carbocycles. The molecule has 0 radical (unpaired) electrons. The Morgan fingerprint density at radius 1 is 1.42 bits per heavy atom. The molecule has 0 aliphatic carbocycles. The van der Waals surface area contributed by atoms with Gasteiger partial charge in [-0.1, -0.05) is 11.2 Å². The number of rotatable bonds is 4. The molecular formula is C14H19N3O2. The molecule has 102 valence electrons. The van der Waals surface area contributed by atoms with Gasteiger partial charge >= 0.3 is 0 Å². The molecule has 1 aromatic carbocycles. The van der Waals surface area contributed by atoms with Crippen LogP contribution in [0.3, 0.4) is 0 Å². The van der Waals surface area contributed by atoms with Crippen LogP contribution in [0.15, 0.2) is 22.7 Å². The highest BCUT2D eigenvalue weighted by Gasteiger charge is 2.12. The van der Waals surface area contributed by atoms with Crippen molar-refractivity contribution in [3.05, 3.63) is 29.7 Å². The Kier molecular flexibility index (Phi) is 3.76. The van der Waals surface area contributed by atoms with Crippen LogP contribution in [0, 0.1) is 13.8 Å². The Morgan fingerprint density at radius 3 is 2.68 bits per heavy atom. The van der Waals surface area contributed by atoms with Crippen LogP contribution in [-0.4, -0.2) is 22.9 Å². The van der Waals surface area contributed by atoms with E-state index < -0.39 is 6.10 Å². The van der Waals surface area contributed by atoms with Crippen molar-refractivity contribution in [3.8, 4) is 11.1 Å². The number of anilines is 2. The minimum atomic E-state index is -0.415. The summed E-state index contributed by atoms with van der Waals surface area (Å²) < 4.78 is 5.16. The van der Waals surface area contributed by atoms with E-state index in [0.717, 1.165) is 28.3 Å². The quantitative estimate of drug-likeness (QED) is 0.736. The summed E-state index contributed by atoms with van der Waals surface area (Å²) in [4.78, 5) is 0. The van der Waals surface area contributed by atoms with Crippen molar-refractivity contribution >= 4 is 11.4 Å². The van der Waals surface area contributed by atoms with Crippen molar-refractivity contribution in [2.75, 3.05) is 17.6 Å². The van der Waals surface area contributed by atoms with Crippen molar-refractivity contribution in [1.29, 1.82) is 0 Å². The molecule has 1 atom stereocenters. The zero-order chi connectivity index (χ0) is 14.0. The number of hydrogen-bond donors (Lipinski definition) is 3. The lowest BCUT2D eigenvalue weighted by Crippen LogP contribution is -2.16. The molecule has 0 bridgehead atoms. The molecule has 19 heavy (non-hydrogen) atoms. The maximum Gasteiger partial charge on any atom is 0.141 e. The molecule has 1 aromatic heterocycles. The maximum atomic E-state index is 9.26. The monoisotopic (exact) mass is 261 g/mol. The molecule has 0 aliphatic heterocycles. The molecular weight excluding hydrogens is 242 g/mol. The Balaban J connectivity index is 2.29. The molecule has 5 heteroatoms. The zero-order valence-corrected chi connectivity index (χ0v) is 11.4. The van der Waals surface area contributed by atoms with Crippen LogP contribution in [0.5, 0.6) is 0 Å². The largest absolute Gasteiger partial charge is 0.397 e. The van der Waals surface area contributed by atoms with Gasteiger partial charge in [-0.2, -0.15) is 0 Å². The molecule has 1 unspecified atom stereocenters. The third-order valence-electron chi connectivity index (χ3n) is 2.96. The van der Waals surface area contributed by atoms with E-state index in [1.807, 2.05) is 32.0 Å². The highest BCUT2D eigenvalue weighted by atomic mass is 16.5. The van der Waals surface area contributed by atoms with E-state index in [1.54, 1.807) is 6.92 Å². The molecule has 0 fully saturated rings. The van der Waals surface area contributed by atoms with E-state index in [1.165, 1.54) is 0 Å². The van der Waals surface area contributed by atoms with E-state index in [2.05, 4.69) is 10.5 Å². The van der Waals surface area contributed by atoms with Crippen LogP contribution in [0.1, 0.15) is 18.4 Å². The third kappa shape index (κ3) is 2.88. The number of aliphatic hydroxyl groups excluding tert-OH is 1. The van der Waals surface area contributed by atoms with Gasteiger partial charge < -0.3 is 20.7 Å². The number of aliphatic hydroxyl groups is 1. The lowest BCUT2D eigenvalue weighted by atomic mass is 10.0. The predicted octanol–water partition coefficient (Wildman–Crippen LogP) is 2.33. The molecule has 0 saturated heterocycles. The van der Waals surface area contributed by atoms with Crippen molar-refractivity contribution < 1.29 is 9.63 Å². The summed E-state index contributed by atoms with van der Waals surface area (Å²) in [7, 11) is 0. The van der Waals surface area contributed by atoms with Crippen molar-refractivity contribution in [2.24, 2.45) is 0 Å². The number of nitrogens with one attached hydrogen (secondary N) is 1. The highest BCUT2D eigenvalue weighted by Crippen LogP contribution is 2.31. The van der Waals surface area contributed by atoms with E-state index in [-0.39, 0.29) is 0 Å². The Labute approximate surface area is 112 Å². The molecule has 2 rings (SSSR count). The topological polar surface area (TPSA) is 84.3 Å². The Morgan fingerprint density at radius 2 is 2.16 bits per heavy atom. The number of nitrogens with two attached hydrogens (primary N) is 1. The first kappa shape index (κ1) is 13.4. The van der Waals surface area contributed by atoms with Crippen molar-refractivity contribution in [1.82, 2.24) is 5.16 Å². The van der Waals surface area contributed by atoms with Gasteiger partial charge in [-0.05, 0) is 38.5 Å². The summed E-state index contributed by atoms with van der Waals surface area (Å²) in [5, 5.41) is 16.3. The molecule has 0 spiro atoms. The zero-order valence-electron chi connectivity index (χ0n) is 11.4. The van der Waals surface area contributed by atoms with E-state index in [4.69, 9.17) is 10.3 Å². The highest BCUT2D eigenvalue weighted by molar-refractivity contribution is 5.77. The summed E-state index contributed by atoms with van der Waals surface area (Å²) in [6.07, 6.45) is -0.415. The van der Waals surface area contributed by atoms with Crippen molar-refractivity contribution in [2.45, 2.75) is 26.9 Å². The van der Waals surface area contributed by atoms with Gasteiger partial charge in [0.05, 0.1) is 23.2 Å². The van der Waals surface area contributed by atoms with Crippen LogP contribution in [-0.2, 0) is 0 Å². The van der Waals surface area contributed by atoms with Gasteiger partial charge in [0.1, 0.15) is 5.76 Å². The van der Waals surface area contributed by atoms with Gasteiger partial charge in [-0.3, -0.25) is 0 Å². The Hall–Kier alpha value is -2.01. The van der Waals surface area contributed by atoms with E-state index >= 15 is 0 Å². The molecule has 2 aromatic rings. The van der Waals surface area contributed by atoms with Crippen LogP contribution in [0.25, 0.3) is 11.1 Å². The first-order valence-electron chi connectivity index (χ1n) is 6.23. The number of aromatic nitrogens is 1. The molecule has 1 heterocycles. The fourth-order valence-corrected chi connectivity index (χ4v) is 2.03. The molecule has 0 aliphatic rings. The van der Waals surface area contributed by atoms with Gasteiger partial charge in [0.15, 0.2) is 0 Å². The smallest absolute Gasteiger partial charge is 0.141 e. The van der Waals surface area contributed by atoms with Crippen molar-refractivity contribution in [3.63, 3.8) is 0 Å². The summed E-state index contributed by atoms with van der Waals surface area (Å²) >= 11 is 0. The molecule has 4 N–H and O–H groups in total. The van der Waals surface area contributed by atoms with Crippen LogP contribution >= 0.6 is 0 Å². The van der Waals surface area contributed by atoms with E-state index in [0.29, 0.717) is 12.2 Å². The van der Waals surface area contributed by atoms with E-state index in [9.17, 15) is 5.11 Å². The van der Waals surface area contributed by atoms with Gasteiger partial charge in [0, 0.05) is 12.1 Å².